The number of nitrogens with zero attached hydrogens (tertiary/aromatic N) is 4. The van der Waals surface area contributed by atoms with Gasteiger partial charge >= 0.3 is 5.91 Å². The van der Waals surface area contributed by atoms with E-state index in [1.807, 2.05) is 0 Å². The van der Waals surface area contributed by atoms with Gasteiger partial charge in [0.25, 0.3) is 0 Å². The molecule has 22 heavy (non-hydrogen) atoms. The van der Waals surface area contributed by atoms with E-state index >= 15 is 0 Å². The molecule has 2 aromatic rings. The lowest BCUT2D eigenvalue weighted by Gasteiger charge is -2.04. The van der Waals surface area contributed by atoms with Crippen molar-refractivity contribution in [2.45, 2.75) is 13.8 Å². The van der Waals surface area contributed by atoms with Gasteiger partial charge < -0.3 is 0 Å². The summed E-state index contributed by atoms with van der Waals surface area (Å²) in [6.07, 6.45) is 0. The van der Waals surface area contributed by atoms with Crippen molar-refractivity contribution in [3.63, 3.8) is 0 Å². The van der Waals surface area contributed by atoms with Crippen LogP contribution in [0.5, 0.6) is 0 Å². The van der Waals surface area contributed by atoms with E-state index < -0.39 is 5.91 Å². The fraction of sp³-hybridized carbons (Fsp3) is 0.143. The summed E-state index contributed by atoms with van der Waals surface area (Å²) in [5, 5.41) is 17.8. The molecule has 0 aliphatic rings. The van der Waals surface area contributed by atoms with Crippen molar-refractivity contribution in [1.82, 2.24) is 9.78 Å². The van der Waals surface area contributed by atoms with Crippen LogP contribution < -0.4 is 5.43 Å². The number of hydrogen-bond acceptors (Lipinski definition) is 5. The Balaban J connectivity index is 2.26. The van der Waals surface area contributed by atoms with Gasteiger partial charge in [-0.1, -0.05) is 23.2 Å². The number of hydrogen-bond donors (Lipinski definition) is 1. The third-order valence-electron chi connectivity index (χ3n) is 2.67. The lowest BCUT2D eigenvalue weighted by Crippen LogP contribution is -2.23. The average Bonchev–Trinajstić information content (AvgIpc) is 2.77. The maximum absolute atomic E-state index is 12.2. The van der Waals surface area contributed by atoms with Gasteiger partial charge in [-0.2, -0.15) is 20.1 Å². The minimum absolute atomic E-state index is 0.331. The highest BCUT2D eigenvalue weighted by atomic mass is 35.5. The zero-order valence-corrected chi connectivity index (χ0v) is 13.3. The molecule has 112 valence electrons. The van der Waals surface area contributed by atoms with E-state index in [0.29, 0.717) is 27.1 Å². The van der Waals surface area contributed by atoms with Crippen LogP contribution in [0.1, 0.15) is 16.2 Å². The molecule has 0 aliphatic heterocycles. The molecule has 1 aromatic carbocycles. The number of anilines is 1. The van der Waals surface area contributed by atoms with Crippen molar-refractivity contribution in [3.05, 3.63) is 45.7 Å². The van der Waals surface area contributed by atoms with Crippen molar-refractivity contribution in [2.75, 3.05) is 5.43 Å². The molecular weight excluding hydrogens is 325 g/mol. The summed E-state index contributed by atoms with van der Waals surface area (Å²) in [4.78, 5) is 12.2. The van der Waals surface area contributed by atoms with E-state index in [-0.39, 0.29) is 5.71 Å². The van der Waals surface area contributed by atoms with Gasteiger partial charge in [-0.25, -0.2) is 0 Å². The molecule has 8 heteroatoms. The zero-order chi connectivity index (χ0) is 16.3. The van der Waals surface area contributed by atoms with E-state index in [2.05, 4.69) is 15.6 Å². The number of rotatable bonds is 3. The second kappa shape index (κ2) is 6.60. The molecule has 6 nitrogen and oxygen atoms in total. The smallest absolute Gasteiger partial charge is 0.277 e. The minimum Gasteiger partial charge on any atom is -0.277 e. The molecule has 0 bridgehead atoms. The first-order chi connectivity index (χ1) is 10.4. The number of aromatic nitrogens is 2. The van der Waals surface area contributed by atoms with E-state index in [9.17, 15) is 4.79 Å². The molecule has 0 amide bonds. The van der Waals surface area contributed by atoms with Crippen molar-refractivity contribution in [2.24, 2.45) is 5.10 Å². The standard InChI is InChI=1S/C14H11Cl2N5O/c1-8-3-9(2)21(20-8)14(22)13(7-17)19-18-12-5-10(15)4-11(16)6-12/h3-6,18H,1-2H3/b19-13-. The Morgan fingerprint density at radius 2 is 1.91 bits per heavy atom. The van der Waals surface area contributed by atoms with Crippen LogP contribution in [0.15, 0.2) is 29.4 Å². The predicted molar refractivity (Wildman–Crippen MR) is 85.5 cm³/mol. The van der Waals surface area contributed by atoms with E-state index in [1.54, 1.807) is 44.2 Å². The Morgan fingerprint density at radius 1 is 1.27 bits per heavy atom. The first-order valence-electron chi connectivity index (χ1n) is 6.18. The van der Waals surface area contributed by atoms with Gasteiger partial charge in [0.05, 0.1) is 11.4 Å². The molecule has 1 heterocycles. The Bertz CT molecular complexity index is 784. The summed E-state index contributed by atoms with van der Waals surface area (Å²) >= 11 is 11.7. The van der Waals surface area contributed by atoms with Crippen LogP contribution in [0.2, 0.25) is 10.0 Å². The van der Waals surface area contributed by atoms with Crippen LogP contribution in [0, 0.1) is 25.2 Å². The number of nitrogens with one attached hydrogen (secondary N) is 1. The highest BCUT2D eigenvalue weighted by Gasteiger charge is 2.17. The molecule has 0 aliphatic carbocycles. The lowest BCUT2D eigenvalue weighted by molar-refractivity contribution is 0.0974. The summed E-state index contributed by atoms with van der Waals surface area (Å²) < 4.78 is 1.13. The lowest BCUT2D eigenvalue weighted by atomic mass is 10.3. The van der Waals surface area contributed by atoms with Gasteiger partial charge in [0.2, 0.25) is 5.71 Å². The molecule has 0 atom stereocenters. The maximum Gasteiger partial charge on any atom is 0.309 e. The molecule has 1 N–H and O–H groups in total. The molecule has 0 fully saturated rings. The summed E-state index contributed by atoms with van der Waals surface area (Å²) in [6.45, 7) is 3.48. The molecule has 0 spiro atoms. The number of carbonyl (C=O) groups excluding carboxylic acids is 1. The van der Waals surface area contributed by atoms with Gasteiger partial charge in [-0.05, 0) is 38.1 Å². The quantitative estimate of drug-likeness (QED) is 0.687. The van der Waals surface area contributed by atoms with Crippen LogP contribution in [-0.4, -0.2) is 21.4 Å². The third-order valence-corrected chi connectivity index (χ3v) is 3.11. The second-order valence-corrected chi connectivity index (χ2v) is 5.36. The molecule has 0 saturated carbocycles. The third kappa shape index (κ3) is 3.64. The zero-order valence-electron chi connectivity index (χ0n) is 11.8. The number of nitriles is 1. The average molecular weight is 336 g/mol. The molecule has 1 aromatic heterocycles. The van der Waals surface area contributed by atoms with Crippen molar-refractivity contribution in [1.29, 1.82) is 5.26 Å². The first-order valence-corrected chi connectivity index (χ1v) is 6.94. The SMILES string of the molecule is Cc1cc(C)n(C(=O)/C(C#N)=N\Nc2cc(Cl)cc(Cl)c2)n1. The Kier molecular flexibility index (Phi) is 4.81. The van der Waals surface area contributed by atoms with Crippen molar-refractivity contribution in [3.8, 4) is 6.07 Å². The fourth-order valence-electron chi connectivity index (χ4n) is 1.79. The van der Waals surface area contributed by atoms with Gasteiger partial charge in [0.15, 0.2) is 0 Å². The molecule has 0 radical (unpaired) electrons. The maximum atomic E-state index is 12.2. The largest absolute Gasteiger partial charge is 0.309 e. The molecular formula is C14H11Cl2N5O. The number of hydrazone groups is 1. The first kappa shape index (κ1) is 16.0. The monoisotopic (exact) mass is 335 g/mol. The number of benzene rings is 1. The summed E-state index contributed by atoms with van der Waals surface area (Å²) in [6, 6.07) is 8.18. The molecule has 2 rings (SSSR count). The number of aryl methyl sites for hydroxylation is 2. The van der Waals surface area contributed by atoms with Gasteiger partial charge in [0.1, 0.15) is 6.07 Å². The molecule has 0 unspecified atom stereocenters. The number of halogens is 2. The van der Waals surface area contributed by atoms with Crippen LogP contribution in [0.4, 0.5) is 5.69 Å². The fourth-order valence-corrected chi connectivity index (χ4v) is 2.32. The highest BCUT2D eigenvalue weighted by molar-refractivity contribution is 6.45. The molecule has 0 saturated heterocycles. The van der Waals surface area contributed by atoms with Crippen LogP contribution >= 0.6 is 23.2 Å². The number of carbonyl (C=O) groups is 1. The normalized spacial score (nSPS) is 11.1. The van der Waals surface area contributed by atoms with E-state index in [4.69, 9.17) is 28.5 Å². The second-order valence-electron chi connectivity index (χ2n) is 4.49. The van der Waals surface area contributed by atoms with Gasteiger partial charge in [-0.3, -0.25) is 10.2 Å². The predicted octanol–water partition coefficient (Wildman–Crippen LogP) is 3.44. The Morgan fingerprint density at radius 3 is 2.41 bits per heavy atom. The summed E-state index contributed by atoms with van der Waals surface area (Å²) in [5.41, 5.74) is 4.02. The van der Waals surface area contributed by atoms with Crippen LogP contribution in [0.25, 0.3) is 0 Å². The topological polar surface area (TPSA) is 83.1 Å². The van der Waals surface area contributed by atoms with Gasteiger partial charge in [-0.15, -0.1) is 0 Å². The van der Waals surface area contributed by atoms with Crippen molar-refractivity contribution >= 4 is 40.5 Å². The van der Waals surface area contributed by atoms with E-state index in [0.717, 1.165) is 4.68 Å². The minimum atomic E-state index is -0.617. The summed E-state index contributed by atoms with van der Waals surface area (Å²) in [7, 11) is 0. The van der Waals surface area contributed by atoms with Crippen LogP contribution in [-0.2, 0) is 0 Å². The Hall–Kier alpha value is -2.36. The van der Waals surface area contributed by atoms with E-state index in [1.165, 1.54) is 0 Å². The van der Waals surface area contributed by atoms with Gasteiger partial charge in [0, 0.05) is 15.7 Å². The Labute approximate surface area is 136 Å². The van der Waals surface area contributed by atoms with Crippen molar-refractivity contribution < 1.29 is 4.79 Å². The van der Waals surface area contributed by atoms with Crippen LogP contribution in [0.3, 0.4) is 0 Å². The highest BCUT2D eigenvalue weighted by Crippen LogP contribution is 2.22. The summed E-state index contributed by atoms with van der Waals surface area (Å²) in [5.74, 6) is -0.617.